The van der Waals surface area contributed by atoms with Crippen LogP contribution in [0.2, 0.25) is 0 Å². The van der Waals surface area contributed by atoms with E-state index in [0.717, 1.165) is 10.3 Å². The summed E-state index contributed by atoms with van der Waals surface area (Å²) < 4.78 is 27.2. The molecule has 0 saturated heterocycles. The molecule has 2 aromatic rings. The summed E-state index contributed by atoms with van der Waals surface area (Å²) in [5.74, 6) is 0.756. The fraction of sp³-hybridized carbons (Fsp3) is 0.182. The number of H-pyrrole nitrogens is 1. The molecule has 1 aromatic heterocycles. The summed E-state index contributed by atoms with van der Waals surface area (Å²) in [5.41, 5.74) is 0. The van der Waals surface area contributed by atoms with Crippen LogP contribution < -0.4 is 4.72 Å². The molecule has 0 aliphatic carbocycles. The Labute approximate surface area is 114 Å². The summed E-state index contributed by atoms with van der Waals surface area (Å²) >= 11 is 3.25. The number of halogens is 1. The Morgan fingerprint density at radius 1 is 1.39 bits per heavy atom. The van der Waals surface area contributed by atoms with Crippen LogP contribution in [-0.4, -0.2) is 24.9 Å². The summed E-state index contributed by atoms with van der Waals surface area (Å²) in [4.78, 5) is 7.19. The second kappa shape index (κ2) is 5.64. The Kier molecular flexibility index (Phi) is 4.15. The Morgan fingerprint density at radius 2 is 2.22 bits per heavy atom. The highest BCUT2D eigenvalue weighted by atomic mass is 79.9. The van der Waals surface area contributed by atoms with E-state index in [1.165, 1.54) is 0 Å². The number of hydrogen-bond donors (Lipinski definition) is 2. The lowest BCUT2D eigenvalue weighted by Gasteiger charge is -2.06. The van der Waals surface area contributed by atoms with Crippen LogP contribution in [0.4, 0.5) is 0 Å². The minimum absolute atomic E-state index is 0.247. The van der Waals surface area contributed by atoms with Gasteiger partial charge in [-0.25, -0.2) is 18.1 Å². The number of aromatic amines is 1. The maximum Gasteiger partial charge on any atom is 0.240 e. The fourth-order valence-electron chi connectivity index (χ4n) is 1.46. The average Bonchev–Trinajstić information content (AvgIpc) is 2.82. The van der Waals surface area contributed by atoms with Gasteiger partial charge in [0, 0.05) is 29.8 Å². The third-order valence-corrected chi connectivity index (χ3v) is 4.27. The summed E-state index contributed by atoms with van der Waals surface area (Å²) in [6, 6.07) is 6.59. The molecule has 0 unspecified atom stereocenters. The first kappa shape index (κ1) is 13.3. The van der Waals surface area contributed by atoms with Crippen LogP contribution in [0.5, 0.6) is 0 Å². The molecule has 5 nitrogen and oxygen atoms in total. The molecule has 96 valence electrons. The molecule has 0 aliphatic heterocycles. The van der Waals surface area contributed by atoms with Gasteiger partial charge in [0.1, 0.15) is 5.82 Å². The highest BCUT2D eigenvalue weighted by Crippen LogP contribution is 2.15. The van der Waals surface area contributed by atoms with E-state index in [-0.39, 0.29) is 4.90 Å². The van der Waals surface area contributed by atoms with Crippen LogP contribution in [0.3, 0.4) is 0 Å². The number of nitrogens with one attached hydrogen (secondary N) is 2. The van der Waals surface area contributed by atoms with Crippen molar-refractivity contribution in [2.45, 2.75) is 11.3 Å². The minimum atomic E-state index is -3.46. The maximum absolute atomic E-state index is 12.0. The van der Waals surface area contributed by atoms with Crippen molar-refractivity contribution >= 4 is 26.0 Å². The van der Waals surface area contributed by atoms with Crippen LogP contribution in [0.1, 0.15) is 5.82 Å². The number of sulfonamides is 1. The van der Waals surface area contributed by atoms with Gasteiger partial charge in [0.15, 0.2) is 0 Å². The van der Waals surface area contributed by atoms with Crippen LogP contribution >= 0.6 is 15.9 Å². The standard InChI is InChI=1S/C11H12BrN3O2S/c12-9-2-1-3-10(8-9)18(16,17)15-5-4-11-13-6-7-14-11/h1-3,6-8,15H,4-5H2,(H,13,14). The molecule has 0 fully saturated rings. The number of benzene rings is 1. The van der Waals surface area contributed by atoms with Gasteiger partial charge < -0.3 is 4.98 Å². The molecule has 2 rings (SSSR count). The van der Waals surface area contributed by atoms with Crippen molar-refractivity contribution in [2.75, 3.05) is 6.54 Å². The first-order valence-corrected chi connectivity index (χ1v) is 7.59. The second-order valence-electron chi connectivity index (χ2n) is 3.64. The number of rotatable bonds is 5. The van der Waals surface area contributed by atoms with Gasteiger partial charge in [-0.05, 0) is 18.2 Å². The monoisotopic (exact) mass is 329 g/mol. The quantitative estimate of drug-likeness (QED) is 0.876. The summed E-state index contributed by atoms with van der Waals surface area (Å²) in [6.07, 6.45) is 3.87. The number of aromatic nitrogens is 2. The number of hydrogen-bond acceptors (Lipinski definition) is 3. The summed E-state index contributed by atoms with van der Waals surface area (Å²) in [5, 5.41) is 0. The fourth-order valence-corrected chi connectivity index (χ4v) is 3.08. The van der Waals surface area contributed by atoms with Crippen molar-refractivity contribution in [3.63, 3.8) is 0 Å². The van der Waals surface area contributed by atoms with Crippen molar-refractivity contribution in [1.29, 1.82) is 0 Å². The van der Waals surface area contributed by atoms with Gasteiger partial charge in [-0.1, -0.05) is 22.0 Å². The zero-order chi connectivity index (χ0) is 13.0. The van der Waals surface area contributed by atoms with Crippen molar-refractivity contribution in [3.8, 4) is 0 Å². The summed E-state index contributed by atoms with van der Waals surface area (Å²) in [6.45, 7) is 0.308. The molecular weight excluding hydrogens is 318 g/mol. The number of nitrogens with zero attached hydrogens (tertiary/aromatic N) is 1. The van der Waals surface area contributed by atoms with E-state index in [1.54, 1.807) is 36.7 Å². The van der Waals surface area contributed by atoms with E-state index in [0.29, 0.717) is 13.0 Å². The zero-order valence-corrected chi connectivity index (χ0v) is 11.8. The van der Waals surface area contributed by atoms with Crippen molar-refractivity contribution in [1.82, 2.24) is 14.7 Å². The van der Waals surface area contributed by atoms with Crippen LogP contribution in [0, 0.1) is 0 Å². The molecule has 0 radical (unpaired) electrons. The van der Waals surface area contributed by atoms with E-state index in [2.05, 4.69) is 30.6 Å². The third-order valence-electron chi connectivity index (χ3n) is 2.32. The SMILES string of the molecule is O=S(=O)(NCCc1ncc[nH]1)c1cccc(Br)c1. The average molecular weight is 330 g/mol. The molecule has 0 bridgehead atoms. The highest BCUT2D eigenvalue weighted by molar-refractivity contribution is 9.10. The molecular formula is C11H12BrN3O2S. The van der Waals surface area contributed by atoms with Gasteiger partial charge in [-0.2, -0.15) is 0 Å². The van der Waals surface area contributed by atoms with Gasteiger partial charge >= 0.3 is 0 Å². The molecule has 7 heteroatoms. The zero-order valence-electron chi connectivity index (χ0n) is 9.43. The van der Waals surface area contributed by atoms with E-state index in [9.17, 15) is 8.42 Å². The third kappa shape index (κ3) is 3.41. The Bertz CT molecular complexity index is 611. The lowest BCUT2D eigenvalue weighted by atomic mass is 10.4. The van der Waals surface area contributed by atoms with Crippen LogP contribution in [0.15, 0.2) is 46.0 Å². The van der Waals surface area contributed by atoms with Crippen LogP contribution in [-0.2, 0) is 16.4 Å². The van der Waals surface area contributed by atoms with Crippen molar-refractivity contribution < 1.29 is 8.42 Å². The second-order valence-corrected chi connectivity index (χ2v) is 6.32. The van der Waals surface area contributed by atoms with Gasteiger partial charge in [-0.3, -0.25) is 0 Å². The molecule has 0 amide bonds. The van der Waals surface area contributed by atoms with Gasteiger partial charge in [0.05, 0.1) is 4.90 Å². The molecule has 0 atom stereocenters. The first-order chi connectivity index (χ1) is 8.58. The Balaban J connectivity index is 1.99. The predicted molar refractivity (Wildman–Crippen MR) is 71.6 cm³/mol. The van der Waals surface area contributed by atoms with E-state index in [4.69, 9.17) is 0 Å². The smallest absolute Gasteiger partial charge is 0.240 e. The molecule has 18 heavy (non-hydrogen) atoms. The molecule has 1 heterocycles. The lowest BCUT2D eigenvalue weighted by molar-refractivity contribution is 0.581. The van der Waals surface area contributed by atoms with Gasteiger partial charge in [-0.15, -0.1) is 0 Å². The predicted octanol–water partition coefficient (Wildman–Crippen LogP) is 1.69. The van der Waals surface area contributed by atoms with Gasteiger partial charge in [0.2, 0.25) is 10.0 Å². The van der Waals surface area contributed by atoms with E-state index >= 15 is 0 Å². The van der Waals surface area contributed by atoms with E-state index < -0.39 is 10.0 Å². The van der Waals surface area contributed by atoms with Crippen molar-refractivity contribution in [3.05, 3.63) is 47.0 Å². The molecule has 0 aliphatic rings. The topological polar surface area (TPSA) is 74.8 Å². The summed E-state index contributed by atoms with van der Waals surface area (Å²) in [7, 11) is -3.46. The lowest BCUT2D eigenvalue weighted by Crippen LogP contribution is -2.26. The van der Waals surface area contributed by atoms with Crippen LogP contribution in [0.25, 0.3) is 0 Å². The number of imidazole rings is 1. The van der Waals surface area contributed by atoms with E-state index in [1.807, 2.05) is 0 Å². The first-order valence-electron chi connectivity index (χ1n) is 5.31. The van der Waals surface area contributed by atoms with Gasteiger partial charge in [0.25, 0.3) is 0 Å². The largest absolute Gasteiger partial charge is 0.349 e. The Hall–Kier alpha value is -1.18. The van der Waals surface area contributed by atoms with Crippen molar-refractivity contribution in [2.24, 2.45) is 0 Å². The molecule has 0 spiro atoms. The molecule has 2 N–H and O–H groups in total. The highest BCUT2D eigenvalue weighted by Gasteiger charge is 2.13. The maximum atomic E-state index is 12.0. The normalized spacial score (nSPS) is 11.6. The Morgan fingerprint density at radius 3 is 2.89 bits per heavy atom. The molecule has 0 saturated carbocycles. The molecule has 1 aromatic carbocycles. The minimum Gasteiger partial charge on any atom is -0.349 e.